The molecule has 3 amide bonds. The van der Waals surface area contributed by atoms with Crippen LogP contribution >= 0.6 is 11.3 Å². The van der Waals surface area contributed by atoms with Crippen LogP contribution in [-0.2, 0) is 25.7 Å². The normalized spacial score (nSPS) is 16.8. The molecule has 1 aliphatic rings. The molecule has 1 aromatic carbocycles. The standard InChI is InChI=1S/C38H58N4O6S/c1-27-34(49-26-40-27)29-21-19-28(20-22-29)24-39-36(47)31-23-30(43)25-42(31)37(48)35(38(2,3)4)41-32(44)17-15-13-11-9-7-5-6-8-10-12-14-16-18-33(45)46/h19-22,26,30-31,35,43H,5-18,23-25H2,1-4H3,(H,39,47)(H,41,44)(H,45,46)/t30-,31+,35?/m1/s1. The summed E-state index contributed by atoms with van der Waals surface area (Å²) in [4.78, 5) is 57.5. The predicted octanol–water partition coefficient (Wildman–Crippen LogP) is 6.77. The first-order valence-electron chi connectivity index (χ1n) is 18.1. The fourth-order valence-electron chi connectivity index (χ4n) is 6.34. The van der Waals surface area contributed by atoms with Gasteiger partial charge in [-0.2, -0.15) is 0 Å². The number of nitrogens with zero attached hydrogens (tertiary/aromatic N) is 2. The number of rotatable bonds is 21. The third-order valence-corrected chi connectivity index (χ3v) is 10.2. The SMILES string of the molecule is Cc1ncsc1-c1ccc(CNC(=O)[C@@H]2C[C@@H](O)CN2C(=O)C(NC(=O)CCCCCCCCCCCCCCC(=O)O)C(C)(C)C)cc1. The van der Waals surface area contributed by atoms with Crippen LogP contribution in [0.25, 0.3) is 10.4 Å². The molecule has 49 heavy (non-hydrogen) atoms. The van der Waals surface area contributed by atoms with E-state index in [0.29, 0.717) is 13.0 Å². The molecule has 1 aromatic heterocycles. The third kappa shape index (κ3) is 13.8. The number of benzene rings is 1. The number of thiazole rings is 1. The Balaban J connectivity index is 1.38. The second-order valence-corrected chi connectivity index (χ2v) is 15.4. The van der Waals surface area contributed by atoms with Crippen molar-refractivity contribution in [2.45, 2.75) is 149 Å². The van der Waals surface area contributed by atoms with Crippen LogP contribution in [0.15, 0.2) is 29.8 Å². The van der Waals surface area contributed by atoms with E-state index in [2.05, 4.69) is 15.6 Å². The van der Waals surface area contributed by atoms with Crippen molar-refractivity contribution in [2.24, 2.45) is 5.41 Å². The summed E-state index contributed by atoms with van der Waals surface area (Å²) < 4.78 is 0. The number of β-amino-alcohol motifs (C(OH)–C–C–N with tert-alkyl or cyclic N) is 1. The summed E-state index contributed by atoms with van der Waals surface area (Å²) in [7, 11) is 0. The number of aromatic nitrogens is 1. The van der Waals surface area contributed by atoms with Crippen LogP contribution in [0.5, 0.6) is 0 Å². The Morgan fingerprint density at radius 3 is 1.96 bits per heavy atom. The van der Waals surface area contributed by atoms with E-state index in [1.54, 1.807) is 11.3 Å². The average molecular weight is 699 g/mol. The van der Waals surface area contributed by atoms with Crippen molar-refractivity contribution in [3.63, 3.8) is 0 Å². The van der Waals surface area contributed by atoms with Crippen LogP contribution < -0.4 is 10.6 Å². The van der Waals surface area contributed by atoms with Gasteiger partial charge in [0.1, 0.15) is 12.1 Å². The van der Waals surface area contributed by atoms with Gasteiger partial charge in [-0.3, -0.25) is 19.2 Å². The Kier molecular flexibility index (Phi) is 16.7. The van der Waals surface area contributed by atoms with Crippen LogP contribution in [0.4, 0.5) is 0 Å². The largest absolute Gasteiger partial charge is 0.481 e. The van der Waals surface area contributed by atoms with Crippen molar-refractivity contribution in [2.75, 3.05) is 6.54 Å². The number of carboxylic acid groups (broad SMARTS) is 1. The number of carbonyl (C=O) groups excluding carboxylic acids is 3. The first kappa shape index (κ1) is 40.1. The van der Waals surface area contributed by atoms with Crippen molar-refractivity contribution in [1.82, 2.24) is 20.5 Å². The number of amides is 3. The zero-order valence-corrected chi connectivity index (χ0v) is 30.8. The molecule has 2 aromatic rings. The van der Waals surface area contributed by atoms with Crippen LogP contribution in [0, 0.1) is 12.3 Å². The molecule has 1 aliphatic heterocycles. The van der Waals surface area contributed by atoms with Crippen molar-refractivity contribution in [3.05, 3.63) is 41.0 Å². The summed E-state index contributed by atoms with van der Waals surface area (Å²) in [5, 5.41) is 25.1. The molecule has 1 saturated heterocycles. The maximum Gasteiger partial charge on any atom is 0.303 e. The lowest BCUT2D eigenvalue weighted by Crippen LogP contribution is -2.57. The third-order valence-electron chi connectivity index (χ3n) is 9.26. The second kappa shape index (κ2) is 20.4. The molecule has 11 heteroatoms. The summed E-state index contributed by atoms with van der Waals surface area (Å²) in [6.07, 6.45) is 12.7. The van der Waals surface area contributed by atoms with E-state index in [-0.39, 0.29) is 37.1 Å². The van der Waals surface area contributed by atoms with E-state index < -0.39 is 29.6 Å². The van der Waals surface area contributed by atoms with Gasteiger partial charge >= 0.3 is 5.97 Å². The van der Waals surface area contributed by atoms with Gasteiger partial charge in [0.05, 0.1) is 22.2 Å². The molecule has 0 saturated carbocycles. The quantitative estimate of drug-likeness (QED) is 0.105. The van der Waals surface area contributed by atoms with Crippen LogP contribution in [-0.4, -0.2) is 68.5 Å². The second-order valence-electron chi connectivity index (χ2n) is 14.6. The number of aliphatic carboxylic acids is 1. The molecule has 4 N–H and O–H groups in total. The monoisotopic (exact) mass is 698 g/mol. The van der Waals surface area contributed by atoms with Gasteiger partial charge in [0.15, 0.2) is 0 Å². The number of carboxylic acids is 1. The first-order chi connectivity index (χ1) is 23.4. The highest BCUT2D eigenvalue weighted by Crippen LogP contribution is 2.28. The van der Waals surface area contributed by atoms with Crippen molar-refractivity contribution < 1.29 is 29.4 Å². The summed E-state index contributed by atoms with van der Waals surface area (Å²) in [6, 6.07) is 6.31. The zero-order valence-electron chi connectivity index (χ0n) is 30.0. The van der Waals surface area contributed by atoms with Crippen LogP contribution in [0.1, 0.15) is 128 Å². The Morgan fingerprint density at radius 2 is 1.45 bits per heavy atom. The van der Waals surface area contributed by atoms with Gasteiger partial charge in [-0.15, -0.1) is 11.3 Å². The minimum Gasteiger partial charge on any atom is -0.481 e. The summed E-state index contributed by atoms with van der Waals surface area (Å²) in [6.45, 7) is 8.02. The van der Waals surface area contributed by atoms with Gasteiger partial charge in [-0.25, -0.2) is 4.98 Å². The highest BCUT2D eigenvalue weighted by atomic mass is 32.1. The Hall–Kier alpha value is -3.31. The topological polar surface area (TPSA) is 149 Å². The number of likely N-dealkylation sites (tertiary alicyclic amines) is 1. The number of hydrogen-bond donors (Lipinski definition) is 4. The van der Waals surface area contributed by atoms with Gasteiger partial charge in [0.2, 0.25) is 17.7 Å². The maximum absolute atomic E-state index is 13.8. The molecular formula is C38H58N4O6S. The minimum atomic E-state index is -0.819. The maximum atomic E-state index is 13.8. The molecule has 2 heterocycles. The number of aliphatic hydroxyl groups is 1. The van der Waals surface area contributed by atoms with E-state index in [4.69, 9.17) is 5.11 Å². The predicted molar refractivity (Wildman–Crippen MR) is 194 cm³/mol. The summed E-state index contributed by atoms with van der Waals surface area (Å²) in [5.41, 5.74) is 4.22. The molecule has 0 radical (unpaired) electrons. The highest BCUT2D eigenvalue weighted by molar-refractivity contribution is 7.13. The molecule has 0 aliphatic carbocycles. The average Bonchev–Trinajstić information content (AvgIpc) is 3.67. The number of unbranched alkanes of at least 4 members (excludes halogenated alkanes) is 11. The van der Waals surface area contributed by atoms with E-state index in [0.717, 1.165) is 66.6 Å². The molecule has 10 nitrogen and oxygen atoms in total. The number of carbonyl (C=O) groups is 4. The van der Waals surface area contributed by atoms with E-state index in [9.17, 15) is 24.3 Å². The Labute approximate surface area is 296 Å². The molecule has 3 rings (SSSR count). The molecular weight excluding hydrogens is 641 g/mol. The molecule has 1 unspecified atom stereocenters. The lowest BCUT2D eigenvalue weighted by atomic mass is 9.85. The Morgan fingerprint density at radius 1 is 0.898 bits per heavy atom. The summed E-state index contributed by atoms with van der Waals surface area (Å²) in [5.74, 6) is -1.55. The van der Waals surface area contributed by atoms with Gasteiger partial charge in [-0.05, 0) is 36.3 Å². The van der Waals surface area contributed by atoms with E-state index in [1.165, 1.54) is 37.0 Å². The molecule has 0 bridgehead atoms. The Bertz CT molecular complexity index is 1340. The molecule has 3 atom stereocenters. The molecule has 272 valence electrons. The summed E-state index contributed by atoms with van der Waals surface area (Å²) >= 11 is 1.59. The lowest BCUT2D eigenvalue weighted by Gasteiger charge is -2.35. The zero-order chi connectivity index (χ0) is 35.8. The number of aliphatic hydroxyl groups excluding tert-OH is 1. The smallest absolute Gasteiger partial charge is 0.303 e. The van der Waals surface area contributed by atoms with Crippen molar-refractivity contribution >= 4 is 35.0 Å². The minimum absolute atomic E-state index is 0.0507. The number of hydrogen-bond acceptors (Lipinski definition) is 7. The first-order valence-corrected chi connectivity index (χ1v) is 19.0. The van der Waals surface area contributed by atoms with Gasteiger partial charge < -0.3 is 25.7 Å². The number of nitrogens with one attached hydrogen (secondary N) is 2. The van der Waals surface area contributed by atoms with E-state index >= 15 is 0 Å². The highest BCUT2D eigenvalue weighted by Gasteiger charge is 2.44. The number of aryl methyl sites for hydroxylation is 1. The van der Waals surface area contributed by atoms with Gasteiger partial charge in [-0.1, -0.05) is 109 Å². The van der Waals surface area contributed by atoms with E-state index in [1.807, 2.05) is 57.5 Å². The van der Waals surface area contributed by atoms with Crippen LogP contribution in [0.3, 0.4) is 0 Å². The fraction of sp³-hybridized carbons (Fsp3) is 0.658. The lowest BCUT2D eigenvalue weighted by molar-refractivity contribution is -0.144. The van der Waals surface area contributed by atoms with Gasteiger partial charge in [0.25, 0.3) is 0 Å². The van der Waals surface area contributed by atoms with Crippen molar-refractivity contribution in [3.8, 4) is 10.4 Å². The van der Waals surface area contributed by atoms with Crippen LogP contribution in [0.2, 0.25) is 0 Å². The van der Waals surface area contributed by atoms with Crippen molar-refractivity contribution in [1.29, 1.82) is 0 Å². The fourth-order valence-corrected chi connectivity index (χ4v) is 7.15. The molecule has 0 spiro atoms. The van der Waals surface area contributed by atoms with Gasteiger partial charge in [0, 0.05) is 32.4 Å². The molecule has 1 fully saturated rings.